The minimum absolute atomic E-state index is 0.0387. The Labute approximate surface area is 121 Å². The molecule has 0 radical (unpaired) electrons. The normalized spacial score (nSPS) is 10.2. The minimum Gasteiger partial charge on any atom is -0.479 e. The van der Waals surface area contributed by atoms with Crippen LogP contribution < -0.4 is 15.0 Å². The number of hydrogen-bond acceptors (Lipinski definition) is 5. The number of ether oxygens (including phenoxy) is 1. The second-order valence-electron chi connectivity index (χ2n) is 4.17. The van der Waals surface area contributed by atoms with Gasteiger partial charge in [-0.05, 0) is 23.7 Å². The first kappa shape index (κ1) is 14.2. The van der Waals surface area contributed by atoms with Crippen LogP contribution in [0.25, 0.3) is 0 Å². The molecule has 7 heteroatoms. The topological polar surface area (TPSA) is 67.6 Å². The average Bonchev–Trinajstić information content (AvgIpc) is 2.85. The van der Waals surface area contributed by atoms with Crippen molar-refractivity contribution in [2.75, 3.05) is 31.4 Å². The SMILES string of the molecule is COc1nccc(N(C)C)c1NC(=O)c1ccoc1Cl. The fraction of sp³-hybridized carbons (Fsp3) is 0.231. The van der Waals surface area contributed by atoms with Gasteiger partial charge in [-0.1, -0.05) is 0 Å². The molecule has 2 heterocycles. The van der Waals surface area contributed by atoms with E-state index in [-0.39, 0.29) is 10.8 Å². The Hall–Kier alpha value is -2.21. The standard InChI is InChI=1S/C13H14ClN3O3/c1-17(2)9-4-6-15-13(19-3)10(9)16-12(18)8-5-7-20-11(8)14/h4-7H,1-3H3,(H,16,18). The molecule has 20 heavy (non-hydrogen) atoms. The molecule has 0 aliphatic heterocycles. The third-order valence-corrected chi connectivity index (χ3v) is 2.96. The summed E-state index contributed by atoms with van der Waals surface area (Å²) in [6.07, 6.45) is 2.96. The molecular weight excluding hydrogens is 282 g/mol. The largest absolute Gasteiger partial charge is 0.479 e. The van der Waals surface area contributed by atoms with Gasteiger partial charge in [0.25, 0.3) is 5.91 Å². The van der Waals surface area contributed by atoms with Gasteiger partial charge in [-0.3, -0.25) is 4.79 Å². The highest BCUT2D eigenvalue weighted by Gasteiger charge is 2.19. The van der Waals surface area contributed by atoms with Crippen molar-refractivity contribution in [3.05, 3.63) is 35.4 Å². The molecule has 6 nitrogen and oxygen atoms in total. The number of pyridine rings is 1. The number of rotatable bonds is 4. The highest BCUT2D eigenvalue weighted by atomic mass is 35.5. The molecule has 106 valence electrons. The first-order valence-corrected chi connectivity index (χ1v) is 6.17. The van der Waals surface area contributed by atoms with Gasteiger partial charge in [0, 0.05) is 20.3 Å². The Kier molecular flexibility index (Phi) is 4.14. The van der Waals surface area contributed by atoms with E-state index < -0.39 is 5.91 Å². The monoisotopic (exact) mass is 295 g/mol. The fourth-order valence-corrected chi connectivity index (χ4v) is 1.91. The number of nitrogens with zero attached hydrogens (tertiary/aromatic N) is 2. The van der Waals surface area contributed by atoms with Gasteiger partial charge in [-0.25, -0.2) is 4.98 Å². The van der Waals surface area contributed by atoms with E-state index in [1.807, 2.05) is 19.0 Å². The van der Waals surface area contributed by atoms with Crippen molar-refractivity contribution >= 4 is 28.9 Å². The number of carbonyl (C=O) groups is 1. The smallest absolute Gasteiger partial charge is 0.260 e. The lowest BCUT2D eigenvalue weighted by Gasteiger charge is -2.19. The van der Waals surface area contributed by atoms with Crippen LogP contribution in [-0.4, -0.2) is 32.1 Å². The summed E-state index contributed by atoms with van der Waals surface area (Å²) in [7, 11) is 5.20. The molecule has 0 bridgehead atoms. The predicted molar refractivity (Wildman–Crippen MR) is 76.8 cm³/mol. The van der Waals surface area contributed by atoms with E-state index in [1.54, 1.807) is 12.3 Å². The van der Waals surface area contributed by atoms with Crippen molar-refractivity contribution in [1.29, 1.82) is 0 Å². The summed E-state index contributed by atoms with van der Waals surface area (Å²) in [4.78, 5) is 18.1. The second kappa shape index (κ2) is 5.83. The third-order valence-electron chi connectivity index (χ3n) is 2.67. The molecule has 0 spiro atoms. The number of hydrogen-bond donors (Lipinski definition) is 1. The molecule has 0 aromatic carbocycles. The third kappa shape index (κ3) is 2.70. The average molecular weight is 296 g/mol. The van der Waals surface area contributed by atoms with Gasteiger partial charge in [-0.2, -0.15) is 0 Å². The van der Waals surface area contributed by atoms with Crippen molar-refractivity contribution in [3.63, 3.8) is 0 Å². The van der Waals surface area contributed by atoms with Gasteiger partial charge in [0.15, 0.2) is 0 Å². The van der Waals surface area contributed by atoms with E-state index in [9.17, 15) is 4.79 Å². The highest BCUT2D eigenvalue weighted by Crippen LogP contribution is 2.32. The van der Waals surface area contributed by atoms with Gasteiger partial charge in [0.05, 0.1) is 24.6 Å². The number of anilines is 2. The molecule has 0 aliphatic rings. The zero-order valence-corrected chi connectivity index (χ0v) is 12.1. The molecule has 0 atom stereocenters. The molecule has 0 aliphatic carbocycles. The number of methoxy groups -OCH3 is 1. The summed E-state index contributed by atoms with van der Waals surface area (Å²) in [5.41, 5.74) is 1.49. The van der Waals surface area contributed by atoms with Crippen LogP contribution in [0, 0.1) is 0 Å². The number of nitrogens with one attached hydrogen (secondary N) is 1. The van der Waals surface area contributed by atoms with Crippen molar-refractivity contribution < 1.29 is 13.9 Å². The first-order chi connectivity index (χ1) is 9.54. The first-order valence-electron chi connectivity index (χ1n) is 5.79. The Morgan fingerprint density at radius 1 is 1.45 bits per heavy atom. The maximum Gasteiger partial charge on any atom is 0.260 e. The molecule has 0 fully saturated rings. The lowest BCUT2D eigenvalue weighted by molar-refractivity contribution is 0.102. The van der Waals surface area contributed by atoms with Gasteiger partial charge in [0.1, 0.15) is 5.69 Å². The second-order valence-corrected chi connectivity index (χ2v) is 4.51. The summed E-state index contributed by atoms with van der Waals surface area (Å²) in [5.74, 6) is -0.0673. The van der Waals surface area contributed by atoms with Crippen molar-refractivity contribution in [3.8, 4) is 5.88 Å². The Balaban J connectivity index is 2.37. The maximum atomic E-state index is 12.2. The molecule has 0 saturated heterocycles. The van der Waals surface area contributed by atoms with Crippen LogP contribution >= 0.6 is 11.6 Å². The van der Waals surface area contributed by atoms with E-state index in [1.165, 1.54) is 19.4 Å². The lowest BCUT2D eigenvalue weighted by atomic mass is 10.2. The van der Waals surface area contributed by atoms with E-state index in [0.717, 1.165) is 5.69 Å². The number of carbonyl (C=O) groups excluding carboxylic acids is 1. The zero-order chi connectivity index (χ0) is 14.7. The molecule has 2 aromatic heterocycles. The Morgan fingerprint density at radius 3 is 2.75 bits per heavy atom. The van der Waals surface area contributed by atoms with Crippen molar-refractivity contribution in [2.45, 2.75) is 0 Å². The van der Waals surface area contributed by atoms with Crippen LogP contribution in [0.3, 0.4) is 0 Å². The number of amides is 1. The van der Waals surface area contributed by atoms with Crippen molar-refractivity contribution in [1.82, 2.24) is 4.98 Å². The number of aromatic nitrogens is 1. The molecule has 0 unspecified atom stereocenters. The van der Waals surface area contributed by atoms with E-state index in [2.05, 4.69) is 10.3 Å². The Bertz CT molecular complexity index is 625. The Morgan fingerprint density at radius 2 is 2.20 bits per heavy atom. The predicted octanol–water partition coefficient (Wildman–Crippen LogP) is 2.65. The number of halogens is 1. The quantitative estimate of drug-likeness (QED) is 0.939. The lowest BCUT2D eigenvalue weighted by Crippen LogP contribution is -2.17. The number of furan rings is 1. The van der Waals surface area contributed by atoms with Crippen LogP contribution in [0.1, 0.15) is 10.4 Å². The van der Waals surface area contributed by atoms with Crippen LogP contribution in [0.15, 0.2) is 29.0 Å². The molecule has 1 amide bonds. The maximum absolute atomic E-state index is 12.2. The summed E-state index contributed by atoms with van der Waals surface area (Å²) in [6.45, 7) is 0. The summed E-state index contributed by atoms with van der Waals surface area (Å²) in [5, 5.41) is 2.78. The summed E-state index contributed by atoms with van der Waals surface area (Å²) in [6, 6.07) is 3.27. The van der Waals surface area contributed by atoms with Gasteiger partial charge in [-0.15, -0.1) is 0 Å². The highest BCUT2D eigenvalue weighted by molar-refractivity contribution is 6.32. The summed E-state index contributed by atoms with van der Waals surface area (Å²) >= 11 is 5.79. The molecule has 2 rings (SSSR count). The van der Waals surface area contributed by atoms with E-state index >= 15 is 0 Å². The van der Waals surface area contributed by atoms with Crippen LogP contribution in [0.5, 0.6) is 5.88 Å². The summed E-state index contributed by atoms with van der Waals surface area (Å²) < 4.78 is 10.1. The van der Waals surface area contributed by atoms with Crippen LogP contribution in [0.2, 0.25) is 5.22 Å². The van der Waals surface area contributed by atoms with Gasteiger partial charge < -0.3 is 19.4 Å². The molecule has 2 aromatic rings. The van der Waals surface area contributed by atoms with Crippen LogP contribution in [0.4, 0.5) is 11.4 Å². The van der Waals surface area contributed by atoms with Crippen molar-refractivity contribution in [2.24, 2.45) is 0 Å². The van der Waals surface area contributed by atoms with E-state index in [4.69, 9.17) is 20.8 Å². The van der Waals surface area contributed by atoms with Crippen LogP contribution in [-0.2, 0) is 0 Å². The van der Waals surface area contributed by atoms with Gasteiger partial charge >= 0.3 is 0 Å². The van der Waals surface area contributed by atoms with Gasteiger partial charge in [0.2, 0.25) is 11.1 Å². The fourth-order valence-electron chi connectivity index (χ4n) is 1.71. The zero-order valence-electron chi connectivity index (χ0n) is 11.3. The molecular formula is C13H14ClN3O3. The molecule has 1 N–H and O–H groups in total. The molecule has 0 saturated carbocycles. The van der Waals surface area contributed by atoms with E-state index in [0.29, 0.717) is 11.6 Å². The minimum atomic E-state index is -0.391.